The summed E-state index contributed by atoms with van der Waals surface area (Å²) in [4.78, 5) is 12.2. The molecule has 0 fully saturated rings. The van der Waals surface area contributed by atoms with Gasteiger partial charge >= 0.3 is 6.01 Å². The number of aryl methyl sites for hydroxylation is 3. The highest BCUT2D eigenvalue weighted by Gasteiger charge is 2.13. The average molecular weight is 351 g/mol. The van der Waals surface area contributed by atoms with Crippen molar-refractivity contribution >= 4 is 11.9 Å². The number of carbonyl (C=O) groups is 1. The van der Waals surface area contributed by atoms with Crippen LogP contribution in [0.4, 0.5) is 6.01 Å². The normalized spacial score (nSPS) is 10.6. The molecule has 26 heavy (non-hydrogen) atoms. The highest BCUT2D eigenvalue weighted by molar-refractivity contribution is 5.90. The second-order valence-electron chi connectivity index (χ2n) is 6.32. The third kappa shape index (κ3) is 4.08. The number of hydrogen-bond acceptors (Lipinski definition) is 5. The topological polar surface area (TPSA) is 77.2 Å². The predicted molar refractivity (Wildman–Crippen MR) is 99.3 cm³/mol. The quantitative estimate of drug-likeness (QED) is 0.755. The van der Waals surface area contributed by atoms with Gasteiger partial charge in [0.15, 0.2) is 0 Å². The Morgan fingerprint density at radius 2 is 1.81 bits per heavy atom. The lowest BCUT2D eigenvalue weighted by atomic mass is 10.1. The van der Waals surface area contributed by atoms with Crippen molar-refractivity contribution in [2.45, 2.75) is 27.2 Å². The molecule has 3 rings (SSSR count). The van der Waals surface area contributed by atoms with Gasteiger partial charge < -0.3 is 9.15 Å². The Labute approximate surface area is 152 Å². The number of nitrogens with zero attached hydrogens (tertiary/aromatic N) is 2. The number of ether oxygens (including phenoxy) is 1. The molecule has 0 aliphatic carbocycles. The largest absolute Gasteiger partial charge is 0.496 e. The van der Waals surface area contributed by atoms with Crippen LogP contribution in [-0.2, 0) is 11.2 Å². The Bertz CT molecular complexity index is 927. The molecule has 0 aliphatic heterocycles. The Morgan fingerprint density at radius 1 is 1.08 bits per heavy atom. The summed E-state index contributed by atoms with van der Waals surface area (Å²) in [6, 6.07) is 11.7. The van der Waals surface area contributed by atoms with E-state index in [1.54, 1.807) is 7.11 Å². The zero-order valence-corrected chi connectivity index (χ0v) is 15.3. The third-order valence-corrected chi connectivity index (χ3v) is 3.96. The number of methoxy groups -OCH3 is 1. The zero-order chi connectivity index (χ0) is 18.7. The molecule has 134 valence electrons. The third-order valence-electron chi connectivity index (χ3n) is 3.96. The Morgan fingerprint density at radius 3 is 2.46 bits per heavy atom. The summed E-state index contributed by atoms with van der Waals surface area (Å²) in [5.41, 5.74) is 4.92. The summed E-state index contributed by atoms with van der Waals surface area (Å²) in [6.45, 7) is 5.95. The van der Waals surface area contributed by atoms with Crippen molar-refractivity contribution < 1.29 is 13.9 Å². The van der Waals surface area contributed by atoms with Crippen molar-refractivity contribution in [1.29, 1.82) is 0 Å². The number of nitrogens with one attached hydrogen (secondary N) is 1. The van der Waals surface area contributed by atoms with E-state index >= 15 is 0 Å². The maximum Gasteiger partial charge on any atom is 0.322 e. The molecule has 6 heteroatoms. The smallest absolute Gasteiger partial charge is 0.322 e. The Kier molecular flexibility index (Phi) is 5.02. The lowest BCUT2D eigenvalue weighted by Crippen LogP contribution is -2.14. The average Bonchev–Trinajstić information content (AvgIpc) is 3.02. The van der Waals surface area contributed by atoms with E-state index in [1.165, 1.54) is 0 Å². The van der Waals surface area contributed by atoms with Crippen LogP contribution in [0.1, 0.15) is 22.3 Å². The number of aromatic nitrogens is 2. The van der Waals surface area contributed by atoms with Crippen LogP contribution in [0, 0.1) is 20.8 Å². The van der Waals surface area contributed by atoms with Crippen LogP contribution in [0.15, 0.2) is 40.8 Å². The minimum atomic E-state index is -0.217. The second kappa shape index (κ2) is 7.39. The van der Waals surface area contributed by atoms with Gasteiger partial charge in [-0.05, 0) is 50.1 Å². The number of hydrogen-bond donors (Lipinski definition) is 1. The first-order valence-corrected chi connectivity index (χ1v) is 8.30. The standard InChI is InChI=1S/C20H21N3O3/c1-12-7-13(2)9-16(8-12)19-22-23-20(26-19)21-18(24)11-15-5-6-17(25-4)14(3)10-15/h5-10H,11H2,1-4H3,(H,21,23,24). The highest BCUT2D eigenvalue weighted by atomic mass is 16.5. The van der Waals surface area contributed by atoms with Crippen molar-refractivity contribution in [2.24, 2.45) is 0 Å². The molecule has 0 saturated carbocycles. The van der Waals surface area contributed by atoms with Gasteiger partial charge in [0.1, 0.15) is 5.75 Å². The van der Waals surface area contributed by atoms with Gasteiger partial charge in [0.05, 0.1) is 13.5 Å². The summed E-state index contributed by atoms with van der Waals surface area (Å²) in [5.74, 6) is 0.960. The maximum atomic E-state index is 12.2. The van der Waals surface area contributed by atoms with E-state index in [2.05, 4.69) is 21.6 Å². The minimum absolute atomic E-state index is 0.0920. The first-order valence-electron chi connectivity index (χ1n) is 8.30. The van der Waals surface area contributed by atoms with Crippen molar-refractivity contribution in [2.75, 3.05) is 12.4 Å². The SMILES string of the molecule is COc1ccc(CC(=O)Nc2nnc(-c3cc(C)cc(C)c3)o2)cc1C. The number of amides is 1. The van der Waals surface area contributed by atoms with E-state index in [1.807, 2.05) is 51.1 Å². The van der Waals surface area contributed by atoms with Crippen LogP contribution in [0.25, 0.3) is 11.5 Å². The summed E-state index contributed by atoms with van der Waals surface area (Å²) in [5, 5.41) is 10.6. The molecule has 6 nitrogen and oxygen atoms in total. The van der Waals surface area contributed by atoms with Crippen molar-refractivity contribution in [3.63, 3.8) is 0 Å². The van der Waals surface area contributed by atoms with E-state index in [4.69, 9.17) is 9.15 Å². The van der Waals surface area contributed by atoms with Gasteiger partial charge in [-0.3, -0.25) is 10.1 Å². The number of anilines is 1. The Hall–Kier alpha value is -3.15. The van der Waals surface area contributed by atoms with E-state index in [0.717, 1.165) is 33.6 Å². The molecule has 3 aromatic rings. The molecular formula is C20H21N3O3. The number of carbonyl (C=O) groups excluding carboxylic acids is 1. The molecule has 0 radical (unpaired) electrons. The van der Waals surface area contributed by atoms with Crippen LogP contribution < -0.4 is 10.1 Å². The second-order valence-corrected chi connectivity index (χ2v) is 6.32. The van der Waals surface area contributed by atoms with Gasteiger partial charge in [-0.2, -0.15) is 0 Å². The summed E-state index contributed by atoms with van der Waals surface area (Å²) in [7, 11) is 1.62. The number of benzene rings is 2. The van der Waals surface area contributed by atoms with Gasteiger partial charge in [0.2, 0.25) is 11.8 Å². The lowest BCUT2D eigenvalue weighted by molar-refractivity contribution is -0.115. The van der Waals surface area contributed by atoms with E-state index in [0.29, 0.717) is 5.89 Å². The van der Waals surface area contributed by atoms with E-state index in [9.17, 15) is 4.79 Å². The molecule has 0 aliphatic rings. The van der Waals surface area contributed by atoms with Gasteiger partial charge in [-0.15, -0.1) is 5.10 Å². The molecule has 0 atom stereocenters. The van der Waals surface area contributed by atoms with Crippen LogP contribution in [0.2, 0.25) is 0 Å². The lowest BCUT2D eigenvalue weighted by Gasteiger charge is -2.07. The zero-order valence-electron chi connectivity index (χ0n) is 15.3. The van der Waals surface area contributed by atoms with Crippen LogP contribution in [-0.4, -0.2) is 23.2 Å². The van der Waals surface area contributed by atoms with Crippen molar-refractivity contribution in [3.8, 4) is 17.2 Å². The van der Waals surface area contributed by atoms with Crippen LogP contribution in [0.3, 0.4) is 0 Å². The van der Waals surface area contributed by atoms with Crippen LogP contribution >= 0.6 is 0 Å². The Balaban J connectivity index is 1.68. The molecule has 0 spiro atoms. The van der Waals surface area contributed by atoms with E-state index in [-0.39, 0.29) is 18.3 Å². The molecule has 1 aromatic heterocycles. The van der Waals surface area contributed by atoms with Gasteiger partial charge in [0.25, 0.3) is 0 Å². The first kappa shape index (κ1) is 17.7. The predicted octanol–water partition coefficient (Wildman–Crippen LogP) is 3.85. The van der Waals surface area contributed by atoms with Gasteiger partial charge in [0, 0.05) is 5.56 Å². The van der Waals surface area contributed by atoms with Gasteiger partial charge in [-0.1, -0.05) is 34.4 Å². The fourth-order valence-electron chi connectivity index (χ4n) is 2.89. The number of rotatable bonds is 5. The molecule has 0 unspecified atom stereocenters. The first-order chi connectivity index (χ1) is 12.4. The molecule has 0 saturated heterocycles. The monoisotopic (exact) mass is 351 g/mol. The fourth-order valence-corrected chi connectivity index (χ4v) is 2.89. The minimum Gasteiger partial charge on any atom is -0.496 e. The summed E-state index contributed by atoms with van der Waals surface area (Å²) in [6.07, 6.45) is 0.214. The molecule has 0 bridgehead atoms. The summed E-state index contributed by atoms with van der Waals surface area (Å²) >= 11 is 0. The molecular weight excluding hydrogens is 330 g/mol. The van der Waals surface area contributed by atoms with Crippen molar-refractivity contribution in [3.05, 3.63) is 58.7 Å². The van der Waals surface area contributed by atoms with Crippen LogP contribution in [0.5, 0.6) is 5.75 Å². The molecule has 1 N–H and O–H groups in total. The van der Waals surface area contributed by atoms with Gasteiger partial charge in [-0.25, -0.2) is 0 Å². The molecule has 1 heterocycles. The summed E-state index contributed by atoms with van der Waals surface area (Å²) < 4.78 is 10.8. The maximum absolute atomic E-state index is 12.2. The fraction of sp³-hybridized carbons (Fsp3) is 0.250. The van der Waals surface area contributed by atoms with E-state index < -0.39 is 0 Å². The molecule has 1 amide bonds. The van der Waals surface area contributed by atoms with Crippen molar-refractivity contribution in [1.82, 2.24) is 10.2 Å². The molecule has 2 aromatic carbocycles. The highest BCUT2D eigenvalue weighted by Crippen LogP contribution is 2.23.